The summed E-state index contributed by atoms with van der Waals surface area (Å²) in [5.74, 6) is 5.13. The Bertz CT molecular complexity index is 1330. The van der Waals surface area contributed by atoms with Gasteiger partial charge in [-0.25, -0.2) is 4.79 Å². The van der Waals surface area contributed by atoms with Crippen LogP contribution in [0.4, 0.5) is 4.79 Å². The molecule has 9 atom stereocenters. The van der Waals surface area contributed by atoms with Crippen molar-refractivity contribution in [2.75, 3.05) is 39.5 Å². The molecule has 7 heteroatoms. The summed E-state index contributed by atoms with van der Waals surface area (Å²) in [5, 5.41) is 9.69. The predicted molar refractivity (Wildman–Crippen MR) is 271 cm³/mol. The maximum absolute atomic E-state index is 13.0. The summed E-state index contributed by atoms with van der Waals surface area (Å²) in [5.41, 5.74) is 2.33. The number of carbonyl (C=O) groups excluding carboxylic acids is 2. The van der Waals surface area contributed by atoms with E-state index in [2.05, 4.69) is 59.4 Å². The summed E-state index contributed by atoms with van der Waals surface area (Å²) in [6.07, 6.45) is 38.6. The third-order valence-corrected chi connectivity index (χ3v) is 17.8. The average Bonchev–Trinajstić information content (AvgIpc) is 3.64. The van der Waals surface area contributed by atoms with Gasteiger partial charge in [-0.3, -0.25) is 4.79 Å². The second-order valence-electron chi connectivity index (χ2n) is 23.0. The molecule has 378 valence electrons. The van der Waals surface area contributed by atoms with Gasteiger partial charge in [0, 0.05) is 13.0 Å². The zero-order chi connectivity index (χ0) is 46.9. The number of unbranched alkanes of at least 4 members (excludes halogenated alkanes) is 14. The monoisotopic (exact) mass is 912 g/mol. The highest BCUT2D eigenvalue weighted by molar-refractivity contribution is 5.72. The van der Waals surface area contributed by atoms with Crippen molar-refractivity contribution >= 4 is 12.1 Å². The predicted octanol–water partition coefficient (Wildman–Crippen LogP) is 15.8. The van der Waals surface area contributed by atoms with E-state index in [1.807, 2.05) is 0 Å². The Kier molecular flexibility index (Phi) is 26.5. The summed E-state index contributed by atoms with van der Waals surface area (Å²) < 4.78 is 17.4. The Morgan fingerprint density at radius 3 is 1.95 bits per heavy atom. The van der Waals surface area contributed by atoms with Crippen molar-refractivity contribution < 1.29 is 28.9 Å². The van der Waals surface area contributed by atoms with Crippen LogP contribution in [0.1, 0.15) is 248 Å². The lowest BCUT2D eigenvalue weighted by molar-refractivity contribution is -0.149. The zero-order valence-corrected chi connectivity index (χ0v) is 43.8. The first-order valence-corrected chi connectivity index (χ1v) is 28.5. The molecule has 0 saturated heterocycles. The molecule has 0 aromatic carbocycles. The van der Waals surface area contributed by atoms with Gasteiger partial charge in [0.15, 0.2) is 0 Å². The number of carbonyl (C=O) groups is 2. The highest BCUT2D eigenvalue weighted by atomic mass is 16.7. The molecular weight excluding hydrogens is 807 g/mol. The van der Waals surface area contributed by atoms with Gasteiger partial charge in [-0.1, -0.05) is 169 Å². The molecule has 0 radical (unpaired) electrons. The molecule has 0 heterocycles. The van der Waals surface area contributed by atoms with Gasteiger partial charge in [0.25, 0.3) is 0 Å². The first-order chi connectivity index (χ1) is 31.5. The van der Waals surface area contributed by atoms with Crippen molar-refractivity contribution in [3.8, 4) is 0 Å². The molecule has 0 spiro atoms. The van der Waals surface area contributed by atoms with E-state index in [0.29, 0.717) is 25.2 Å². The quantitative estimate of drug-likeness (QED) is 0.0385. The summed E-state index contributed by atoms with van der Waals surface area (Å²) in [6, 6.07) is 0. The lowest BCUT2D eigenvalue weighted by atomic mass is 9.47. The second-order valence-corrected chi connectivity index (χ2v) is 23.0. The fourth-order valence-electron chi connectivity index (χ4n) is 13.8. The van der Waals surface area contributed by atoms with E-state index >= 15 is 0 Å². The standard InChI is InChI=1S/C58H105NO6/c1-8-10-12-14-15-21-30-48(29-20-13-11-9-2)55(61)63-43-24-18-16-22-39-59(41-42-60)40-23-17-19-25-44-64-56(62)65-50-35-37-57(6)49(45-50)31-32-51-53-34-33-52(47(5)28-26-27-46(3)4)58(53,7)38-36-54(51)57/h31,46-48,50-54,60H,8-30,32-45H2,1-7H3/t47-,48?,50+,51+,52-,53+,54+,57+,58-/m1/s1. The first kappa shape index (κ1) is 56.0. The Hall–Kier alpha value is -1.60. The van der Waals surface area contributed by atoms with E-state index in [0.717, 1.165) is 145 Å². The Labute approximate surface area is 401 Å². The largest absolute Gasteiger partial charge is 0.508 e. The van der Waals surface area contributed by atoms with Gasteiger partial charge < -0.3 is 24.2 Å². The van der Waals surface area contributed by atoms with Crippen LogP contribution >= 0.6 is 0 Å². The van der Waals surface area contributed by atoms with Gasteiger partial charge >= 0.3 is 12.1 Å². The molecule has 3 saturated carbocycles. The van der Waals surface area contributed by atoms with Gasteiger partial charge in [0.2, 0.25) is 0 Å². The molecule has 4 aliphatic rings. The molecule has 0 aromatic heterocycles. The van der Waals surface area contributed by atoms with E-state index < -0.39 is 6.16 Å². The molecule has 0 amide bonds. The minimum atomic E-state index is -0.487. The van der Waals surface area contributed by atoms with Crippen molar-refractivity contribution in [3.63, 3.8) is 0 Å². The number of esters is 1. The lowest BCUT2D eigenvalue weighted by Crippen LogP contribution is -2.51. The highest BCUT2D eigenvalue weighted by Crippen LogP contribution is 2.67. The maximum Gasteiger partial charge on any atom is 0.508 e. The molecule has 1 N–H and O–H groups in total. The summed E-state index contributed by atoms with van der Waals surface area (Å²) in [7, 11) is 0. The Balaban J connectivity index is 1.04. The SMILES string of the molecule is CCCCCCCCC(CCCCCC)C(=O)OCCCCCCN(CCO)CCCCCCOC(=O)O[C@H]1CC[C@@]2(C)C(=CC[C@H]3[C@@H]4CC[C@H]([C@H](C)CCCC(C)C)[C@@]4(C)CC[C@@H]32)C1. The third-order valence-electron chi connectivity index (χ3n) is 17.8. The third kappa shape index (κ3) is 18.3. The molecule has 0 aliphatic heterocycles. The van der Waals surface area contributed by atoms with Gasteiger partial charge in [0.1, 0.15) is 6.10 Å². The summed E-state index contributed by atoms with van der Waals surface area (Å²) >= 11 is 0. The van der Waals surface area contributed by atoms with Crippen LogP contribution in [-0.2, 0) is 19.0 Å². The maximum atomic E-state index is 13.0. The van der Waals surface area contributed by atoms with Gasteiger partial charge in [-0.2, -0.15) is 0 Å². The van der Waals surface area contributed by atoms with E-state index in [-0.39, 0.29) is 30.0 Å². The van der Waals surface area contributed by atoms with Crippen LogP contribution in [0.3, 0.4) is 0 Å². The van der Waals surface area contributed by atoms with E-state index in [1.54, 1.807) is 5.57 Å². The highest BCUT2D eigenvalue weighted by Gasteiger charge is 2.59. The molecule has 4 aliphatic carbocycles. The number of aliphatic hydroxyl groups excluding tert-OH is 1. The number of hydrogen-bond donors (Lipinski definition) is 1. The van der Waals surface area contributed by atoms with E-state index in [1.165, 1.54) is 103 Å². The van der Waals surface area contributed by atoms with Crippen molar-refractivity contribution in [1.82, 2.24) is 4.90 Å². The molecular formula is C58H105NO6. The number of ether oxygens (including phenoxy) is 3. The minimum absolute atomic E-state index is 0.0400. The van der Waals surface area contributed by atoms with E-state index in [9.17, 15) is 14.7 Å². The Morgan fingerprint density at radius 2 is 1.29 bits per heavy atom. The minimum Gasteiger partial charge on any atom is -0.465 e. The van der Waals surface area contributed by atoms with Gasteiger partial charge in [-0.05, 0) is 143 Å². The van der Waals surface area contributed by atoms with Crippen LogP contribution in [0.2, 0.25) is 0 Å². The number of rotatable bonds is 35. The van der Waals surface area contributed by atoms with E-state index in [4.69, 9.17) is 14.2 Å². The number of hydrogen-bond acceptors (Lipinski definition) is 7. The van der Waals surface area contributed by atoms with Crippen molar-refractivity contribution in [3.05, 3.63) is 11.6 Å². The zero-order valence-electron chi connectivity index (χ0n) is 43.8. The molecule has 0 bridgehead atoms. The smallest absolute Gasteiger partial charge is 0.465 e. The first-order valence-electron chi connectivity index (χ1n) is 28.5. The molecule has 1 unspecified atom stereocenters. The number of nitrogens with zero attached hydrogens (tertiary/aromatic N) is 1. The molecule has 3 fully saturated rings. The van der Waals surface area contributed by atoms with Crippen LogP contribution < -0.4 is 0 Å². The van der Waals surface area contributed by atoms with Crippen LogP contribution in [0.5, 0.6) is 0 Å². The van der Waals surface area contributed by atoms with Crippen LogP contribution in [-0.4, -0.2) is 67.7 Å². The topological polar surface area (TPSA) is 85.3 Å². The molecule has 4 rings (SSSR count). The van der Waals surface area contributed by atoms with Crippen LogP contribution in [0.15, 0.2) is 11.6 Å². The van der Waals surface area contributed by atoms with Crippen molar-refractivity contribution in [2.45, 2.75) is 254 Å². The lowest BCUT2D eigenvalue weighted by Gasteiger charge is -2.58. The summed E-state index contributed by atoms with van der Waals surface area (Å²) in [6.45, 7) is 20.9. The van der Waals surface area contributed by atoms with Crippen molar-refractivity contribution in [1.29, 1.82) is 0 Å². The number of aliphatic hydroxyl groups is 1. The Morgan fingerprint density at radius 1 is 0.677 bits per heavy atom. The van der Waals surface area contributed by atoms with Crippen LogP contribution in [0.25, 0.3) is 0 Å². The normalized spacial score (nSPS) is 27.2. The molecule has 7 nitrogen and oxygen atoms in total. The average molecular weight is 912 g/mol. The second kappa shape index (κ2) is 30.8. The van der Waals surface area contributed by atoms with Gasteiger partial charge in [-0.15, -0.1) is 0 Å². The molecule has 65 heavy (non-hydrogen) atoms. The fourth-order valence-corrected chi connectivity index (χ4v) is 13.8. The van der Waals surface area contributed by atoms with Crippen LogP contribution in [0, 0.1) is 52.3 Å². The van der Waals surface area contributed by atoms with Crippen molar-refractivity contribution in [2.24, 2.45) is 52.3 Å². The molecule has 0 aromatic rings. The number of allylic oxidation sites excluding steroid dienone is 1. The van der Waals surface area contributed by atoms with Gasteiger partial charge in [0.05, 0.1) is 25.7 Å². The number of fused-ring (bicyclic) bond motifs is 5. The summed E-state index contributed by atoms with van der Waals surface area (Å²) in [4.78, 5) is 28.2. The fraction of sp³-hybridized carbons (Fsp3) is 0.931.